The average Bonchev–Trinajstić information content (AvgIpc) is 3.24. The summed E-state index contributed by atoms with van der Waals surface area (Å²) >= 11 is 0. The zero-order valence-corrected chi connectivity index (χ0v) is 19.2. The predicted molar refractivity (Wildman–Crippen MR) is 127 cm³/mol. The van der Waals surface area contributed by atoms with Crippen LogP contribution >= 0.6 is 0 Å². The van der Waals surface area contributed by atoms with Gasteiger partial charge in [0.25, 0.3) is 0 Å². The molecule has 0 saturated carbocycles. The molecule has 2 unspecified atom stereocenters. The fraction of sp³-hybridized carbons (Fsp3) is 0.269. The lowest BCUT2D eigenvalue weighted by Gasteiger charge is -2.18. The van der Waals surface area contributed by atoms with Gasteiger partial charge in [-0.3, -0.25) is 0 Å². The van der Waals surface area contributed by atoms with Crippen molar-refractivity contribution in [1.82, 2.24) is 9.97 Å². The van der Waals surface area contributed by atoms with Crippen molar-refractivity contribution in [1.29, 1.82) is 0 Å². The van der Waals surface area contributed by atoms with E-state index in [0.717, 1.165) is 22.4 Å². The van der Waals surface area contributed by atoms with Gasteiger partial charge in [-0.15, -0.1) is 0 Å². The first-order valence-corrected chi connectivity index (χ1v) is 10.9. The molecule has 0 spiro atoms. The highest BCUT2D eigenvalue weighted by Gasteiger charge is 2.24. The summed E-state index contributed by atoms with van der Waals surface area (Å²) in [7, 11) is 1.62. The summed E-state index contributed by atoms with van der Waals surface area (Å²) in [6, 6.07) is 17.5. The number of aromatic nitrogens is 2. The van der Waals surface area contributed by atoms with E-state index < -0.39 is 5.97 Å². The predicted octanol–water partition coefficient (Wildman–Crippen LogP) is 5.21. The first-order valence-electron chi connectivity index (χ1n) is 10.9. The second-order valence-corrected chi connectivity index (χ2v) is 7.94. The third-order valence-electron chi connectivity index (χ3n) is 5.34. The number of ether oxygens (including phenoxy) is 3. The van der Waals surface area contributed by atoms with Crippen LogP contribution in [0.4, 0.5) is 0 Å². The van der Waals surface area contributed by atoms with Crippen molar-refractivity contribution in [2.75, 3.05) is 13.7 Å². The van der Waals surface area contributed by atoms with Crippen molar-refractivity contribution in [2.45, 2.75) is 32.5 Å². The van der Waals surface area contributed by atoms with Gasteiger partial charge >= 0.3 is 5.97 Å². The minimum atomic E-state index is -1.01. The Kier molecular flexibility index (Phi) is 7.08. The third-order valence-corrected chi connectivity index (χ3v) is 5.34. The SMILES string of the molecule is COc1ccc(-c2c(-c3ccccc3)oc3ncnc(OC(C)CC(C)OCC(=O)O)c23)cc1. The Morgan fingerprint density at radius 2 is 1.74 bits per heavy atom. The number of hydrogen-bond donors (Lipinski definition) is 1. The largest absolute Gasteiger partial charge is 0.497 e. The summed E-state index contributed by atoms with van der Waals surface area (Å²) in [5.74, 6) is 0.792. The number of nitrogens with zero attached hydrogens (tertiary/aromatic N) is 2. The highest BCUT2D eigenvalue weighted by Crippen LogP contribution is 2.43. The zero-order valence-electron chi connectivity index (χ0n) is 19.2. The number of carboxylic acids is 1. The third kappa shape index (κ3) is 5.18. The van der Waals surface area contributed by atoms with Crippen LogP contribution in [0.25, 0.3) is 33.6 Å². The van der Waals surface area contributed by atoms with E-state index >= 15 is 0 Å². The van der Waals surface area contributed by atoms with Gasteiger partial charge in [0.05, 0.1) is 13.2 Å². The molecule has 0 aliphatic carbocycles. The normalized spacial score (nSPS) is 12.9. The minimum Gasteiger partial charge on any atom is -0.497 e. The molecular weight excluding hydrogens is 436 g/mol. The number of benzene rings is 2. The Morgan fingerprint density at radius 3 is 2.41 bits per heavy atom. The van der Waals surface area contributed by atoms with E-state index in [2.05, 4.69) is 9.97 Å². The molecule has 8 nitrogen and oxygen atoms in total. The molecule has 1 N–H and O–H groups in total. The molecule has 0 bridgehead atoms. The number of furan rings is 1. The molecule has 0 aliphatic heterocycles. The maximum atomic E-state index is 10.8. The molecule has 176 valence electrons. The molecule has 0 radical (unpaired) electrons. The zero-order chi connectivity index (χ0) is 24.1. The van der Waals surface area contributed by atoms with Gasteiger partial charge < -0.3 is 23.7 Å². The minimum absolute atomic E-state index is 0.291. The van der Waals surface area contributed by atoms with Crippen LogP contribution in [0.15, 0.2) is 65.3 Å². The van der Waals surface area contributed by atoms with Gasteiger partial charge in [-0.25, -0.2) is 14.8 Å². The molecule has 0 fully saturated rings. The number of rotatable bonds is 10. The standard InChI is InChI=1S/C26H26N2O6/c1-16(32-14-21(29)30)13-17(2)33-25-23-22(18-9-11-20(31-3)12-10-18)24(19-7-5-4-6-8-19)34-26(23)28-15-27-25/h4-12,15-17H,13-14H2,1-3H3,(H,29,30). The van der Waals surface area contributed by atoms with E-state index in [9.17, 15) is 4.79 Å². The monoisotopic (exact) mass is 462 g/mol. The summed E-state index contributed by atoms with van der Waals surface area (Å²) in [4.78, 5) is 19.5. The number of aliphatic carboxylic acids is 1. The first kappa shape index (κ1) is 23.3. The number of carbonyl (C=O) groups is 1. The Labute approximate surface area is 197 Å². The Hall–Kier alpha value is -3.91. The molecule has 2 heterocycles. The Morgan fingerprint density at radius 1 is 1.00 bits per heavy atom. The van der Waals surface area contributed by atoms with Crippen LogP contribution in [0, 0.1) is 0 Å². The Bertz CT molecular complexity index is 1250. The van der Waals surface area contributed by atoms with Gasteiger partial charge in [-0.2, -0.15) is 0 Å². The lowest BCUT2D eigenvalue weighted by Crippen LogP contribution is -2.23. The second-order valence-electron chi connectivity index (χ2n) is 7.94. The molecule has 8 heteroatoms. The van der Waals surface area contributed by atoms with E-state index in [-0.39, 0.29) is 18.8 Å². The molecule has 0 amide bonds. The number of fused-ring (bicyclic) bond motifs is 1. The topological polar surface area (TPSA) is 104 Å². The van der Waals surface area contributed by atoms with Crippen LogP contribution in [0.5, 0.6) is 11.6 Å². The van der Waals surface area contributed by atoms with E-state index in [1.165, 1.54) is 6.33 Å². The lowest BCUT2D eigenvalue weighted by molar-refractivity contribution is -0.144. The molecule has 0 aliphatic rings. The van der Waals surface area contributed by atoms with Gasteiger partial charge in [0, 0.05) is 17.5 Å². The fourth-order valence-corrected chi connectivity index (χ4v) is 3.81. The van der Waals surface area contributed by atoms with Gasteiger partial charge in [0.2, 0.25) is 11.6 Å². The van der Waals surface area contributed by atoms with E-state index in [4.69, 9.17) is 23.7 Å². The number of carboxylic acid groups (broad SMARTS) is 1. The van der Waals surface area contributed by atoms with E-state index in [1.54, 1.807) is 7.11 Å². The molecule has 2 aromatic heterocycles. The summed E-state index contributed by atoms with van der Waals surface area (Å²) in [6.45, 7) is 3.35. The lowest BCUT2D eigenvalue weighted by atomic mass is 9.99. The van der Waals surface area contributed by atoms with Crippen molar-refractivity contribution in [3.05, 3.63) is 60.9 Å². The quantitative estimate of drug-likeness (QED) is 0.342. The molecule has 4 rings (SSSR count). The maximum Gasteiger partial charge on any atom is 0.329 e. The molecule has 34 heavy (non-hydrogen) atoms. The van der Waals surface area contributed by atoms with Crippen LogP contribution < -0.4 is 9.47 Å². The highest BCUT2D eigenvalue weighted by atomic mass is 16.5. The summed E-state index contributed by atoms with van der Waals surface area (Å²) < 4.78 is 23.1. The van der Waals surface area contributed by atoms with Crippen molar-refractivity contribution >= 4 is 17.1 Å². The molecular formula is C26H26N2O6. The summed E-state index contributed by atoms with van der Waals surface area (Å²) in [6.07, 6.45) is 1.31. The highest BCUT2D eigenvalue weighted by molar-refractivity contribution is 6.03. The first-order chi connectivity index (χ1) is 16.5. The Balaban J connectivity index is 1.75. The maximum absolute atomic E-state index is 10.8. The van der Waals surface area contributed by atoms with Gasteiger partial charge in [-0.1, -0.05) is 42.5 Å². The summed E-state index contributed by atoms with van der Waals surface area (Å²) in [5.41, 5.74) is 3.05. The van der Waals surface area contributed by atoms with Crippen molar-refractivity contribution in [2.24, 2.45) is 0 Å². The number of hydrogen-bond acceptors (Lipinski definition) is 7. The smallest absolute Gasteiger partial charge is 0.329 e. The molecule has 0 saturated heterocycles. The van der Waals surface area contributed by atoms with Crippen LogP contribution in [0.2, 0.25) is 0 Å². The van der Waals surface area contributed by atoms with Crippen LogP contribution in [-0.4, -0.2) is 47.0 Å². The van der Waals surface area contributed by atoms with Crippen LogP contribution in [-0.2, 0) is 9.53 Å². The average molecular weight is 463 g/mol. The van der Waals surface area contributed by atoms with Gasteiger partial charge in [-0.05, 0) is 31.5 Å². The van der Waals surface area contributed by atoms with Crippen LogP contribution in [0.1, 0.15) is 20.3 Å². The molecule has 2 atom stereocenters. The van der Waals surface area contributed by atoms with Crippen molar-refractivity contribution < 1.29 is 28.5 Å². The number of methoxy groups -OCH3 is 1. The second kappa shape index (κ2) is 10.4. The summed E-state index contributed by atoms with van der Waals surface area (Å²) in [5, 5.41) is 9.49. The van der Waals surface area contributed by atoms with Crippen molar-refractivity contribution in [3.8, 4) is 34.1 Å². The van der Waals surface area contributed by atoms with Gasteiger partial charge in [0.1, 0.15) is 35.9 Å². The van der Waals surface area contributed by atoms with Gasteiger partial charge in [0.15, 0.2) is 0 Å². The van der Waals surface area contributed by atoms with E-state index in [1.807, 2.05) is 68.4 Å². The van der Waals surface area contributed by atoms with E-state index in [0.29, 0.717) is 29.2 Å². The van der Waals surface area contributed by atoms with Crippen LogP contribution in [0.3, 0.4) is 0 Å². The van der Waals surface area contributed by atoms with Crippen molar-refractivity contribution in [3.63, 3.8) is 0 Å². The molecule has 4 aromatic rings. The fourth-order valence-electron chi connectivity index (χ4n) is 3.81. The molecule has 2 aromatic carbocycles.